The van der Waals surface area contributed by atoms with Crippen molar-refractivity contribution in [2.24, 2.45) is 16.7 Å². The van der Waals surface area contributed by atoms with Gasteiger partial charge in [0.2, 0.25) is 10.0 Å². The molecular weight excluding hydrogens is 342 g/mol. The summed E-state index contributed by atoms with van der Waals surface area (Å²) < 4.78 is 26.8. The summed E-state index contributed by atoms with van der Waals surface area (Å²) in [6.07, 6.45) is 1.74. The Morgan fingerprint density at radius 2 is 1.85 bits per heavy atom. The SMILES string of the molecule is CCN(CC)S(=O)(=O)C[C@@]1(C)[C@H]2CC[C@@]1(C)C(=O)[C@@H]2Br. The molecule has 2 aliphatic carbocycles. The highest BCUT2D eigenvalue weighted by Crippen LogP contribution is 2.65. The van der Waals surface area contributed by atoms with Gasteiger partial charge >= 0.3 is 0 Å². The van der Waals surface area contributed by atoms with Crippen molar-refractivity contribution in [1.29, 1.82) is 0 Å². The fourth-order valence-electron chi connectivity index (χ4n) is 4.17. The van der Waals surface area contributed by atoms with Gasteiger partial charge in [-0.05, 0) is 24.2 Å². The molecule has 4 nitrogen and oxygen atoms in total. The van der Waals surface area contributed by atoms with Crippen molar-refractivity contribution in [3.05, 3.63) is 0 Å². The van der Waals surface area contributed by atoms with Gasteiger partial charge in [0.05, 0.1) is 10.6 Å². The van der Waals surface area contributed by atoms with E-state index in [4.69, 9.17) is 0 Å². The molecule has 0 aliphatic heterocycles. The standard InChI is InChI=1S/C14H24BrNO3S/c1-5-16(6-2)20(18,19)9-14(4)10-7-8-13(14,3)12(17)11(10)15/h10-11H,5-9H2,1-4H3/t10-,11+,13-,14-/m0/s1. The summed E-state index contributed by atoms with van der Waals surface area (Å²) in [5.41, 5.74) is -0.967. The quantitative estimate of drug-likeness (QED) is 0.703. The maximum Gasteiger partial charge on any atom is 0.214 e. The van der Waals surface area contributed by atoms with Crippen molar-refractivity contribution in [1.82, 2.24) is 4.31 Å². The fraction of sp³-hybridized carbons (Fsp3) is 0.929. The van der Waals surface area contributed by atoms with E-state index in [0.29, 0.717) is 13.1 Å². The Balaban J connectivity index is 2.36. The van der Waals surface area contributed by atoms with Crippen molar-refractivity contribution in [2.45, 2.75) is 45.4 Å². The molecule has 2 saturated carbocycles. The topological polar surface area (TPSA) is 54.5 Å². The van der Waals surface area contributed by atoms with Crippen LogP contribution in [0.1, 0.15) is 40.5 Å². The number of nitrogens with zero attached hydrogens (tertiary/aromatic N) is 1. The highest BCUT2D eigenvalue weighted by Gasteiger charge is 2.68. The summed E-state index contributed by atoms with van der Waals surface area (Å²) >= 11 is 3.49. The molecule has 2 rings (SSSR count). The molecule has 0 N–H and O–H groups in total. The van der Waals surface area contributed by atoms with Crippen molar-refractivity contribution >= 4 is 31.7 Å². The van der Waals surface area contributed by atoms with Gasteiger partial charge in [0, 0.05) is 18.5 Å². The predicted molar refractivity (Wildman–Crippen MR) is 83.4 cm³/mol. The summed E-state index contributed by atoms with van der Waals surface area (Å²) in [5, 5.41) is 0. The molecule has 2 fully saturated rings. The van der Waals surface area contributed by atoms with E-state index in [2.05, 4.69) is 15.9 Å². The van der Waals surface area contributed by atoms with Gasteiger partial charge in [-0.15, -0.1) is 0 Å². The van der Waals surface area contributed by atoms with E-state index < -0.39 is 20.9 Å². The summed E-state index contributed by atoms with van der Waals surface area (Å²) in [5.74, 6) is 0.396. The Kier molecular flexibility index (Phi) is 4.15. The van der Waals surface area contributed by atoms with Crippen LogP contribution in [-0.4, -0.2) is 42.2 Å². The first kappa shape index (κ1) is 16.4. The Labute approximate surface area is 130 Å². The van der Waals surface area contributed by atoms with Crippen molar-refractivity contribution in [3.63, 3.8) is 0 Å². The zero-order valence-corrected chi connectivity index (χ0v) is 15.1. The predicted octanol–water partition coefficient (Wildman–Crippen LogP) is 2.43. The van der Waals surface area contributed by atoms with Crippen LogP contribution < -0.4 is 0 Å². The molecule has 0 amide bonds. The number of fused-ring (bicyclic) bond motifs is 2. The first-order valence-corrected chi connectivity index (χ1v) is 9.82. The summed E-state index contributed by atoms with van der Waals surface area (Å²) in [6, 6.07) is 0. The Bertz CT molecular complexity index is 517. The van der Waals surface area contributed by atoms with Crippen molar-refractivity contribution in [3.8, 4) is 0 Å². The number of hydrogen-bond donors (Lipinski definition) is 0. The smallest absolute Gasteiger partial charge is 0.214 e. The van der Waals surface area contributed by atoms with Crippen LogP contribution in [0.5, 0.6) is 0 Å². The first-order valence-electron chi connectivity index (χ1n) is 7.30. The van der Waals surface area contributed by atoms with E-state index in [0.717, 1.165) is 12.8 Å². The number of carbonyl (C=O) groups is 1. The number of ketones is 1. The summed E-state index contributed by atoms with van der Waals surface area (Å²) in [6.45, 7) is 8.63. The molecular formula is C14H24BrNO3S. The molecule has 0 saturated heterocycles. The second-order valence-electron chi connectivity index (χ2n) is 6.50. The Morgan fingerprint density at radius 1 is 1.30 bits per heavy atom. The molecule has 0 spiro atoms. The van der Waals surface area contributed by atoms with Crippen molar-refractivity contribution in [2.75, 3.05) is 18.8 Å². The zero-order chi connectivity index (χ0) is 15.3. The lowest BCUT2D eigenvalue weighted by Gasteiger charge is -2.37. The minimum absolute atomic E-state index is 0.0800. The van der Waals surface area contributed by atoms with Gasteiger partial charge in [-0.2, -0.15) is 0 Å². The van der Waals surface area contributed by atoms with Gasteiger partial charge in [0.25, 0.3) is 0 Å². The number of rotatable bonds is 5. The largest absolute Gasteiger partial charge is 0.298 e. The van der Waals surface area contributed by atoms with Crippen molar-refractivity contribution < 1.29 is 13.2 Å². The minimum Gasteiger partial charge on any atom is -0.298 e. The monoisotopic (exact) mass is 365 g/mol. The molecule has 0 aromatic rings. The van der Waals surface area contributed by atoms with Crippen LogP contribution in [0, 0.1) is 16.7 Å². The van der Waals surface area contributed by atoms with Gasteiger partial charge in [0.15, 0.2) is 5.78 Å². The van der Waals surface area contributed by atoms with E-state index in [-0.39, 0.29) is 22.3 Å². The van der Waals surface area contributed by atoms with E-state index in [1.165, 1.54) is 4.31 Å². The Hall–Kier alpha value is 0.0600. The average molecular weight is 366 g/mol. The number of halogens is 1. The van der Waals surface area contributed by atoms with E-state index >= 15 is 0 Å². The van der Waals surface area contributed by atoms with Crippen LogP contribution in [0.3, 0.4) is 0 Å². The third-order valence-electron chi connectivity index (χ3n) is 5.76. The van der Waals surface area contributed by atoms with Gasteiger partial charge in [0.1, 0.15) is 0 Å². The van der Waals surface area contributed by atoms with E-state index in [1.54, 1.807) is 0 Å². The van der Waals surface area contributed by atoms with Gasteiger partial charge in [-0.3, -0.25) is 4.79 Å². The summed E-state index contributed by atoms with van der Waals surface area (Å²) in [7, 11) is -3.31. The van der Waals surface area contributed by atoms with Crippen LogP contribution in [-0.2, 0) is 14.8 Å². The number of Topliss-reactive ketones (excluding diaryl/α,β-unsaturated/α-hetero) is 1. The number of sulfonamides is 1. The number of alkyl halides is 1. The highest BCUT2D eigenvalue weighted by molar-refractivity contribution is 9.10. The van der Waals surface area contributed by atoms with Crippen LogP contribution in [0.2, 0.25) is 0 Å². The number of carbonyl (C=O) groups excluding carboxylic acids is 1. The molecule has 2 bridgehead atoms. The van der Waals surface area contributed by atoms with Crippen LogP contribution in [0.25, 0.3) is 0 Å². The molecule has 0 aromatic heterocycles. The molecule has 4 atom stereocenters. The molecule has 2 aliphatic rings. The third-order valence-corrected chi connectivity index (χ3v) is 9.08. The van der Waals surface area contributed by atoms with Crippen LogP contribution >= 0.6 is 15.9 Å². The molecule has 6 heteroatoms. The van der Waals surface area contributed by atoms with Gasteiger partial charge in [-0.1, -0.05) is 43.6 Å². The van der Waals surface area contributed by atoms with Gasteiger partial charge in [-0.25, -0.2) is 12.7 Å². The molecule has 20 heavy (non-hydrogen) atoms. The van der Waals surface area contributed by atoms with Gasteiger partial charge < -0.3 is 0 Å². The second-order valence-corrected chi connectivity index (χ2v) is 9.46. The molecule has 0 heterocycles. The molecule has 0 unspecified atom stereocenters. The van der Waals surface area contributed by atoms with E-state index in [9.17, 15) is 13.2 Å². The molecule has 116 valence electrons. The first-order chi connectivity index (χ1) is 9.14. The third kappa shape index (κ3) is 2.02. The average Bonchev–Trinajstić information content (AvgIpc) is 2.66. The van der Waals surface area contributed by atoms with Crippen LogP contribution in [0.15, 0.2) is 0 Å². The second kappa shape index (κ2) is 5.06. The normalized spacial score (nSPS) is 40.8. The lowest BCUT2D eigenvalue weighted by Crippen LogP contribution is -2.45. The molecule has 0 aromatic carbocycles. The lowest BCUT2D eigenvalue weighted by atomic mass is 9.70. The maximum absolute atomic E-state index is 12.6. The zero-order valence-electron chi connectivity index (χ0n) is 12.6. The lowest BCUT2D eigenvalue weighted by molar-refractivity contribution is -0.127. The van der Waals surface area contributed by atoms with E-state index in [1.807, 2.05) is 27.7 Å². The fourth-order valence-corrected chi connectivity index (χ4v) is 7.78. The maximum atomic E-state index is 12.6. The number of hydrogen-bond acceptors (Lipinski definition) is 3. The Morgan fingerprint density at radius 3 is 2.25 bits per heavy atom. The minimum atomic E-state index is -3.31. The summed E-state index contributed by atoms with van der Waals surface area (Å²) in [4.78, 5) is 12.3. The molecule has 0 radical (unpaired) electrons. The highest BCUT2D eigenvalue weighted by atomic mass is 79.9. The van der Waals surface area contributed by atoms with Crippen LogP contribution in [0.4, 0.5) is 0 Å².